The molecular weight excluding hydrogens is 250 g/mol. The summed E-state index contributed by atoms with van der Waals surface area (Å²) >= 11 is 0. The molecule has 98 valence electrons. The lowest BCUT2D eigenvalue weighted by molar-refractivity contribution is 0.350. The van der Waals surface area contributed by atoms with E-state index in [0.717, 1.165) is 6.42 Å². The highest BCUT2D eigenvalue weighted by atomic mass is 32.2. The topological polar surface area (TPSA) is 66.4 Å². The Balaban J connectivity index is 3.02. The van der Waals surface area contributed by atoms with Crippen LogP contribution in [0, 0.1) is 11.8 Å². The van der Waals surface area contributed by atoms with Crippen LogP contribution in [0.5, 0.6) is 0 Å². The molecule has 1 aromatic rings. The Bertz CT molecular complexity index is 555. The molecule has 2 N–H and O–H groups in total. The minimum Gasteiger partial charge on any atom is -0.384 e. The van der Waals surface area contributed by atoms with Crippen molar-refractivity contribution in [2.45, 2.75) is 31.2 Å². The fourth-order valence-corrected chi connectivity index (χ4v) is 2.67. The molecule has 1 atom stereocenters. The lowest BCUT2D eigenvalue weighted by Gasteiger charge is -2.12. The third kappa shape index (κ3) is 4.15. The first kappa shape index (κ1) is 14.7. The molecule has 0 bridgehead atoms. The first-order chi connectivity index (χ1) is 8.49. The molecule has 1 rings (SSSR count). The predicted octanol–water partition coefficient (Wildman–Crippen LogP) is 1.11. The summed E-state index contributed by atoms with van der Waals surface area (Å²) in [6, 6.07) is 6.24. The van der Waals surface area contributed by atoms with E-state index in [2.05, 4.69) is 16.6 Å². The normalized spacial score (nSPS) is 12.6. The van der Waals surface area contributed by atoms with Crippen molar-refractivity contribution in [3.05, 3.63) is 29.8 Å². The average Bonchev–Trinajstić information content (AvgIpc) is 2.36. The van der Waals surface area contributed by atoms with Gasteiger partial charge >= 0.3 is 0 Å². The van der Waals surface area contributed by atoms with Crippen molar-refractivity contribution in [2.75, 3.05) is 6.61 Å². The van der Waals surface area contributed by atoms with Gasteiger partial charge in [-0.15, -0.1) is 0 Å². The number of nitrogens with one attached hydrogen (secondary N) is 1. The Hall–Kier alpha value is -1.35. The third-order valence-electron chi connectivity index (χ3n) is 2.42. The van der Waals surface area contributed by atoms with Crippen LogP contribution in [0.2, 0.25) is 0 Å². The van der Waals surface area contributed by atoms with Crippen molar-refractivity contribution < 1.29 is 13.5 Å². The fraction of sp³-hybridized carbons (Fsp3) is 0.385. The molecule has 0 saturated carbocycles. The summed E-state index contributed by atoms with van der Waals surface area (Å²) in [7, 11) is -3.50. The van der Waals surface area contributed by atoms with Gasteiger partial charge in [0, 0.05) is 11.6 Å². The van der Waals surface area contributed by atoms with Crippen LogP contribution in [-0.2, 0) is 10.0 Å². The minimum absolute atomic E-state index is 0.109. The number of sulfonamides is 1. The van der Waals surface area contributed by atoms with Crippen LogP contribution < -0.4 is 4.72 Å². The Labute approximate surface area is 108 Å². The van der Waals surface area contributed by atoms with Crippen molar-refractivity contribution in [3.8, 4) is 11.8 Å². The van der Waals surface area contributed by atoms with Gasteiger partial charge in [0.1, 0.15) is 6.61 Å². The van der Waals surface area contributed by atoms with E-state index in [1.807, 2.05) is 13.8 Å². The maximum absolute atomic E-state index is 12.0. The van der Waals surface area contributed by atoms with E-state index in [1.165, 1.54) is 12.1 Å². The smallest absolute Gasteiger partial charge is 0.240 e. The molecule has 1 unspecified atom stereocenters. The van der Waals surface area contributed by atoms with Gasteiger partial charge in [-0.2, -0.15) is 0 Å². The molecular formula is C13H17NO3S. The average molecular weight is 267 g/mol. The monoisotopic (exact) mass is 267 g/mol. The molecule has 0 amide bonds. The van der Waals surface area contributed by atoms with Gasteiger partial charge in [-0.1, -0.05) is 24.8 Å². The summed E-state index contributed by atoms with van der Waals surface area (Å²) in [6.45, 7) is 3.48. The number of hydrogen-bond acceptors (Lipinski definition) is 3. The molecule has 0 aliphatic heterocycles. The summed E-state index contributed by atoms with van der Waals surface area (Å²) in [5.74, 6) is 5.17. The first-order valence-electron chi connectivity index (χ1n) is 5.71. The van der Waals surface area contributed by atoms with Crippen molar-refractivity contribution in [3.63, 3.8) is 0 Å². The van der Waals surface area contributed by atoms with E-state index < -0.39 is 10.0 Å². The number of benzene rings is 1. The highest BCUT2D eigenvalue weighted by molar-refractivity contribution is 7.89. The van der Waals surface area contributed by atoms with Crippen LogP contribution >= 0.6 is 0 Å². The first-order valence-corrected chi connectivity index (χ1v) is 7.20. The van der Waals surface area contributed by atoms with Crippen LogP contribution in [0.4, 0.5) is 0 Å². The minimum atomic E-state index is -3.50. The van der Waals surface area contributed by atoms with Gasteiger partial charge in [0.25, 0.3) is 0 Å². The molecule has 0 fully saturated rings. The molecule has 0 radical (unpaired) electrons. The van der Waals surface area contributed by atoms with E-state index in [4.69, 9.17) is 5.11 Å². The second-order valence-electron chi connectivity index (χ2n) is 3.92. The lowest BCUT2D eigenvalue weighted by Crippen LogP contribution is -2.32. The highest BCUT2D eigenvalue weighted by Gasteiger charge is 2.16. The molecule has 0 aliphatic carbocycles. The molecule has 0 aromatic heterocycles. The summed E-state index contributed by atoms with van der Waals surface area (Å²) in [5.41, 5.74) is 0.566. The summed E-state index contributed by atoms with van der Waals surface area (Å²) < 4.78 is 26.6. The molecule has 5 heteroatoms. The van der Waals surface area contributed by atoms with E-state index in [9.17, 15) is 8.42 Å². The Morgan fingerprint density at radius 2 is 2.17 bits per heavy atom. The zero-order chi connectivity index (χ0) is 13.6. The number of hydrogen-bond donors (Lipinski definition) is 2. The molecule has 0 heterocycles. The SMILES string of the molecule is CCC(C)NS(=O)(=O)c1cccc(C#CCO)c1. The van der Waals surface area contributed by atoms with Gasteiger partial charge in [0.05, 0.1) is 4.90 Å². The fourth-order valence-electron chi connectivity index (χ4n) is 1.30. The number of aliphatic hydroxyl groups excluding tert-OH is 1. The van der Waals surface area contributed by atoms with Crippen LogP contribution in [-0.4, -0.2) is 26.2 Å². The molecule has 4 nitrogen and oxygen atoms in total. The highest BCUT2D eigenvalue weighted by Crippen LogP contribution is 2.11. The Morgan fingerprint density at radius 3 is 2.78 bits per heavy atom. The predicted molar refractivity (Wildman–Crippen MR) is 70.5 cm³/mol. The van der Waals surface area contributed by atoms with Crippen LogP contribution in [0.25, 0.3) is 0 Å². The van der Waals surface area contributed by atoms with Gasteiger partial charge in [-0.3, -0.25) is 0 Å². The van der Waals surface area contributed by atoms with Crippen molar-refractivity contribution >= 4 is 10.0 Å². The maximum Gasteiger partial charge on any atom is 0.240 e. The van der Waals surface area contributed by atoms with Gasteiger partial charge in [0.2, 0.25) is 10.0 Å². The van der Waals surface area contributed by atoms with Gasteiger partial charge < -0.3 is 5.11 Å². The largest absolute Gasteiger partial charge is 0.384 e. The lowest BCUT2D eigenvalue weighted by atomic mass is 10.2. The zero-order valence-electron chi connectivity index (χ0n) is 10.5. The summed E-state index contributed by atoms with van der Waals surface area (Å²) in [5, 5.41) is 8.60. The van der Waals surface area contributed by atoms with Crippen LogP contribution in [0.15, 0.2) is 29.2 Å². The van der Waals surface area contributed by atoms with Gasteiger partial charge in [0.15, 0.2) is 0 Å². The molecule has 1 aromatic carbocycles. The van der Waals surface area contributed by atoms with Crippen LogP contribution in [0.1, 0.15) is 25.8 Å². The second kappa shape index (κ2) is 6.55. The van der Waals surface area contributed by atoms with Gasteiger partial charge in [-0.05, 0) is 31.5 Å². The third-order valence-corrected chi connectivity index (χ3v) is 4.01. The number of aliphatic hydroxyl groups is 1. The quantitative estimate of drug-likeness (QED) is 0.803. The molecule has 0 spiro atoms. The van der Waals surface area contributed by atoms with Crippen molar-refractivity contribution in [1.82, 2.24) is 4.72 Å². The summed E-state index contributed by atoms with van der Waals surface area (Å²) in [6.07, 6.45) is 0.725. The summed E-state index contributed by atoms with van der Waals surface area (Å²) in [4.78, 5) is 0.188. The zero-order valence-corrected chi connectivity index (χ0v) is 11.3. The van der Waals surface area contributed by atoms with E-state index in [1.54, 1.807) is 12.1 Å². The van der Waals surface area contributed by atoms with Crippen LogP contribution in [0.3, 0.4) is 0 Å². The maximum atomic E-state index is 12.0. The second-order valence-corrected chi connectivity index (χ2v) is 5.63. The molecule has 0 saturated heterocycles. The van der Waals surface area contributed by atoms with E-state index in [-0.39, 0.29) is 17.5 Å². The standard InChI is InChI=1S/C13H17NO3S/c1-3-11(2)14-18(16,17)13-8-4-6-12(10-13)7-5-9-15/h4,6,8,10-11,14-15H,3,9H2,1-2H3. The number of rotatable bonds is 4. The van der Waals surface area contributed by atoms with E-state index >= 15 is 0 Å². The molecule has 0 aliphatic rings. The van der Waals surface area contributed by atoms with Gasteiger partial charge in [-0.25, -0.2) is 13.1 Å². The van der Waals surface area contributed by atoms with Crippen molar-refractivity contribution in [1.29, 1.82) is 0 Å². The Morgan fingerprint density at radius 1 is 1.44 bits per heavy atom. The molecule has 18 heavy (non-hydrogen) atoms. The Kier molecular flexibility index (Phi) is 5.35. The van der Waals surface area contributed by atoms with E-state index in [0.29, 0.717) is 5.56 Å². The van der Waals surface area contributed by atoms with Crippen molar-refractivity contribution in [2.24, 2.45) is 0 Å².